The van der Waals surface area contributed by atoms with Gasteiger partial charge in [-0.2, -0.15) is 4.31 Å². The zero-order valence-electron chi connectivity index (χ0n) is 18.1. The number of carbonyl (C=O) groups is 1. The molecule has 1 N–H and O–H groups in total. The lowest BCUT2D eigenvalue weighted by molar-refractivity contribution is 0.0730. The molecule has 1 amide bonds. The maximum absolute atomic E-state index is 13.1. The van der Waals surface area contributed by atoms with Crippen LogP contribution in [0, 0.1) is 0 Å². The summed E-state index contributed by atoms with van der Waals surface area (Å²) in [7, 11) is -3.71. The van der Waals surface area contributed by atoms with E-state index in [9.17, 15) is 13.2 Å². The number of morpholine rings is 1. The van der Waals surface area contributed by atoms with Gasteiger partial charge in [-0.1, -0.05) is 30.3 Å². The lowest BCUT2D eigenvalue weighted by Gasteiger charge is -2.26. The van der Waals surface area contributed by atoms with Gasteiger partial charge in [0.1, 0.15) is 5.75 Å². The minimum atomic E-state index is -3.71. The fourth-order valence-electron chi connectivity index (χ4n) is 3.59. The van der Waals surface area contributed by atoms with Crippen LogP contribution in [0.5, 0.6) is 5.75 Å². The predicted molar refractivity (Wildman–Crippen MR) is 124 cm³/mol. The summed E-state index contributed by atoms with van der Waals surface area (Å²) in [5.74, 6) is 0.0698. The molecule has 0 aromatic heterocycles. The van der Waals surface area contributed by atoms with E-state index in [0.717, 1.165) is 10.8 Å². The van der Waals surface area contributed by atoms with Gasteiger partial charge in [-0.3, -0.25) is 4.79 Å². The first-order valence-corrected chi connectivity index (χ1v) is 12.0. The van der Waals surface area contributed by atoms with Crippen LogP contribution in [0.1, 0.15) is 24.2 Å². The Hall–Kier alpha value is -2.94. The van der Waals surface area contributed by atoms with Crippen molar-refractivity contribution in [1.29, 1.82) is 0 Å². The van der Waals surface area contributed by atoms with Crippen molar-refractivity contribution in [1.82, 2.24) is 4.31 Å². The van der Waals surface area contributed by atoms with E-state index in [4.69, 9.17) is 9.47 Å². The molecule has 0 aliphatic carbocycles. The average molecular weight is 455 g/mol. The van der Waals surface area contributed by atoms with Crippen LogP contribution in [0.4, 0.5) is 5.69 Å². The average Bonchev–Trinajstić information content (AvgIpc) is 2.80. The number of ether oxygens (including phenoxy) is 2. The number of carbonyl (C=O) groups excluding carboxylic acids is 1. The van der Waals surface area contributed by atoms with Gasteiger partial charge in [-0.05, 0) is 55.0 Å². The Morgan fingerprint density at radius 3 is 2.44 bits per heavy atom. The Morgan fingerprint density at radius 2 is 1.72 bits per heavy atom. The molecule has 1 aliphatic heterocycles. The minimum absolute atomic E-state index is 0.101. The molecule has 0 unspecified atom stereocenters. The van der Waals surface area contributed by atoms with Gasteiger partial charge in [0.2, 0.25) is 10.0 Å². The molecule has 0 bridgehead atoms. The largest absolute Gasteiger partial charge is 0.489 e. The van der Waals surface area contributed by atoms with Crippen LogP contribution in [-0.4, -0.2) is 51.0 Å². The summed E-state index contributed by atoms with van der Waals surface area (Å²) in [6, 6.07) is 17.8. The van der Waals surface area contributed by atoms with Crippen molar-refractivity contribution < 1.29 is 22.7 Å². The van der Waals surface area contributed by atoms with Crippen LogP contribution in [0.25, 0.3) is 10.8 Å². The summed E-state index contributed by atoms with van der Waals surface area (Å²) in [5, 5.41) is 4.82. The van der Waals surface area contributed by atoms with Crippen molar-refractivity contribution >= 4 is 32.4 Å². The zero-order valence-corrected chi connectivity index (χ0v) is 18.9. The number of hydrogen-bond acceptors (Lipinski definition) is 5. The van der Waals surface area contributed by atoms with Gasteiger partial charge in [0.25, 0.3) is 5.91 Å². The van der Waals surface area contributed by atoms with E-state index in [1.807, 2.05) is 50.2 Å². The van der Waals surface area contributed by atoms with Gasteiger partial charge in [-0.25, -0.2) is 8.42 Å². The third-order valence-corrected chi connectivity index (χ3v) is 7.08. The van der Waals surface area contributed by atoms with Crippen LogP contribution in [0.15, 0.2) is 65.6 Å². The molecule has 3 aromatic rings. The van der Waals surface area contributed by atoms with E-state index in [-0.39, 0.29) is 16.9 Å². The highest BCUT2D eigenvalue weighted by Crippen LogP contribution is 2.31. The molecule has 0 atom stereocenters. The lowest BCUT2D eigenvalue weighted by Crippen LogP contribution is -2.40. The van der Waals surface area contributed by atoms with Crippen molar-refractivity contribution in [2.24, 2.45) is 0 Å². The van der Waals surface area contributed by atoms with Gasteiger partial charge in [0.05, 0.1) is 29.9 Å². The molecule has 1 heterocycles. The summed E-state index contributed by atoms with van der Waals surface area (Å²) < 4.78 is 38.7. The van der Waals surface area contributed by atoms with E-state index in [1.54, 1.807) is 12.1 Å². The van der Waals surface area contributed by atoms with E-state index in [1.165, 1.54) is 16.4 Å². The number of amides is 1. The van der Waals surface area contributed by atoms with Gasteiger partial charge in [0, 0.05) is 18.7 Å². The molecule has 1 aliphatic rings. The normalized spacial score (nSPS) is 15.1. The number of fused-ring (bicyclic) bond motifs is 1. The Labute approximate surface area is 188 Å². The topological polar surface area (TPSA) is 84.9 Å². The molecule has 3 aromatic carbocycles. The Bertz CT molecular complexity index is 1230. The molecule has 32 heavy (non-hydrogen) atoms. The highest BCUT2D eigenvalue weighted by Gasteiger charge is 2.27. The second kappa shape index (κ2) is 9.28. The first-order chi connectivity index (χ1) is 15.3. The van der Waals surface area contributed by atoms with Crippen molar-refractivity contribution in [3.8, 4) is 5.75 Å². The van der Waals surface area contributed by atoms with Crippen LogP contribution in [-0.2, 0) is 14.8 Å². The quantitative estimate of drug-likeness (QED) is 0.611. The molecule has 8 heteroatoms. The van der Waals surface area contributed by atoms with E-state index < -0.39 is 10.0 Å². The van der Waals surface area contributed by atoms with Crippen molar-refractivity contribution in [3.63, 3.8) is 0 Å². The van der Waals surface area contributed by atoms with Crippen molar-refractivity contribution in [3.05, 3.63) is 66.2 Å². The second-order valence-corrected chi connectivity index (χ2v) is 9.80. The van der Waals surface area contributed by atoms with Gasteiger partial charge in [-0.15, -0.1) is 0 Å². The molecule has 0 saturated carbocycles. The Morgan fingerprint density at radius 1 is 1.00 bits per heavy atom. The number of rotatable bonds is 6. The predicted octanol–water partition coefficient (Wildman–Crippen LogP) is 3.90. The van der Waals surface area contributed by atoms with E-state index in [0.29, 0.717) is 43.3 Å². The van der Waals surface area contributed by atoms with Gasteiger partial charge >= 0.3 is 0 Å². The zero-order chi connectivity index (χ0) is 22.7. The Kier molecular flexibility index (Phi) is 6.45. The highest BCUT2D eigenvalue weighted by molar-refractivity contribution is 7.89. The van der Waals surface area contributed by atoms with E-state index >= 15 is 0 Å². The monoisotopic (exact) mass is 454 g/mol. The number of nitrogens with zero attached hydrogens (tertiary/aromatic N) is 1. The molecule has 1 fully saturated rings. The van der Waals surface area contributed by atoms with Crippen molar-refractivity contribution in [2.75, 3.05) is 31.6 Å². The molecule has 168 valence electrons. The number of anilines is 1. The first-order valence-electron chi connectivity index (χ1n) is 10.5. The van der Waals surface area contributed by atoms with Gasteiger partial charge in [0.15, 0.2) is 0 Å². The minimum Gasteiger partial charge on any atom is -0.489 e. The summed E-state index contributed by atoms with van der Waals surface area (Å²) in [4.78, 5) is 13.1. The van der Waals surface area contributed by atoms with Crippen LogP contribution >= 0.6 is 0 Å². The van der Waals surface area contributed by atoms with Crippen LogP contribution in [0.2, 0.25) is 0 Å². The second-order valence-electron chi connectivity index (χ2n) is 7.86. The number of benzene rings is 3. The van der Waals surface area contributed by atoms with Crippen molar-refractivity contribution in [2.45, 2.75) is 24.8 Å². The third-order valence-electron chi connectivity index (χ3n) is 5.18. The number of hydrogen-bond donors (Lipinski definition) is 1. The summed E-state index contributed by atoms with van der Waals surface area (Å²) >= 11 is 0. The maximum Gasteiger partial charge on any atom is 0.255 e. The maximum atomic E-state index is 13.1. The standard InChI is InChI=1S/C24H26N2O5S/c1-17(2)31-23-10-9-21(32(28,29)26-11-13-30-14-12-26)16-22(23)25-24(27)20-8-7-18-5-3-4-6-19(18)15-20/h3-10,15-17H,11-14H2,1-2H3,(H,25,27). The highest BCUT2D eigenvalue weighted by atomic mass is 32.2. The SMILES string of the molecule is CC(C)Oc1ccc(S(=O)(=O)N2CCOCC2)cc1NC(=O)c1ccc2ccccc2c1. The fourth-order valence-corrected chi connectivity index (χ4v) is 5.02. The summed E-state index contributed by atoms with van der Waals surface area (Å²) in [6.07, 6.45) is -0.145. The number of sulfonamides is 1. The molecular formula is C24H26N2O5S. The first kappa shape index (κ1) is 22.3. The molecule has 1 saturated heterocycles. The van der Waals surface area contributed by atoms with Crippen LogP contribution < -0.4 is 10.1 Å². The molecule has 0 spiro atoms. The number of nitrogens with one attached hydrogen (secondary N) is 1. The van der Waals surface area contributed by atoms with Gasteiger partial charge < -0.3 is 14.8 Å². The summed E-state index contributed by atoms with van der Waals surface area (Å²) in [5.41, 5.74) is 0.784. The van der Waals surface area contributed by atoms with E-state index in [2.05, 4.69) is 5.32 Å². The van der Waals surface area contributed by atoms with Crippen LogP contribution in [0.3, 0.4) is 0 Å². The fraction of sp³-hybridized carbons (Fsp3) is 0.292. The summed E-state index contributed by atoms with van der Waals surface area (Å²) in [6.45, 7) is 5.05. The Balaban J connectivity index is 1.66. The molecular weight excluding hydrogens is 428 g/mol. The molecule has 0 radical (unpaired) electrons. The molecule has 7 nitrogen and oxygen atoms in total. The molecule has 4 rings (SSSR count). The third kappa shape index (κ3) is 4.77. The lowest BCUT2D eigenvalue weighted by atomic mass is 10.1. The smallest absolute Gasteiger partial charge is 0.255 e.